The first-order valence-corrected chi connectivity index (χ1v) is 6.98. The van der Waals surface area contributed by atoms with E-state index in [0.717, 1.165) is 18.7 Å². The van der Waals surface area contributed by atoms with Gasteiger partial charge in [-0.2, -0.15) is 0 Å². The predicted molar refractivity (Wildman–Crippen MR) is 75.9 cm³/mol. The maximum absolute atomic E-state index is 11.9. The van der Waals surface area contributed by atoms with Gasteiger partial charge in [-0.1, -0.05) is 44.2 Å². The van der Waals surface area contributed by atoms with Crippen LogP contribution in [0.15, 0.2) is 30.3 Å². The third-order valence-electron chi connectivity index (χ3n) is 4.25. The van der Waals surface area contributed by atoms with Crippen molar-refractivity contribution in [3.05, 3.63) is 35.9 Å². The molecule has 1 heterocycles. The zero-order valence-corrected chi connectivity index (χ0v) is 12.0. The van der Waals surface area contributed by atoms with Gasteiger partial charge in [-0.15, -0.1) is 0 Å². The van der Waals surface area contributed by atoms with Crippen molar-refractivity contribution in [2.75, 3.05) is 13.1 Å². The normalized spacial score (nSPS) is 27.7. The van der Waals surface area contributed by atoms with Crippen LogP contribution in [0.25, 0.3) is 0 Å². The summed E-state index contributed by atoms with van der Waals surface area (Å²) in [5, 5.41) is 9.77. The van der Waals surface area contributed by atoms with Gasteiger partial charge in [0.1, 0.15) is 5.54 Å². The Labute approximate surface area is 115 Å². The van der Waals surface area contributed by atoms with Gasteiger partial charge in [0.2, 0.25) is 0 Å². The van der Waals surface area contributed by atoms with E-state index in [4.69, 9.17) is 0 Å². The third kappa shape index (κ3) is 2.66. The molecule has 2 rings (SSSR count). The van der Waals surface area contributed by atoms with Crippen molar-refractivity contribution in [3.63, 3.8) is 0 Å². The summed E-state index contributed by atoms with van der Waals surface area (Å²) in [4.78, 5) is 14.0. The molecule has 0 radical (unpaired) electrons. The summed E-state index contributed by atoms with van der Waals surface area (Å²) in [6.45, 7) is 7.94. The van der Waals surface area contributed by atoms with Crippen LogP contribution in [-0.2, 0) is 10.3 Å². The third-order valence-corrected chi connectivity index (χ3v) is 4.25. The van der Waals surface area contributed by atoms with Crippen LogP contribution in [0.3, 0.4) is 0 Å². The van der Waals surface area contributed by atoms with Crippen molar-refractivity contribution in [1.82, 2.24) is 4.90 Å². The fourth-order valence-electron chi connectivity index (χ4n) is 3.23. The number of nitrogens with zero attached hydrogens (tertiary/aromatic N) is 1. The zero-order chi connectivity index (χ0) is 14.0. The van der Waals surface area contributed by atoms with Crippen LogP contribution in [0.2, 0.25) is 0 Å². The van der Waals surface area contributed by atoms with Gasteiger partial charge >= 0.3 is 5.97 Å². The van der Waals surface area contributed by atoms with Crippen LogP contribution >= 0.6 is 0 Å². The van der Waals surface area contributed by atoms with E-state index in [2.05, 4.69) is 18.7 Å². The van der Waals surface area contributed by atoms with E-state index < -0.39 is 11.5 Å². The molecule has 1 fully saturated rings. The summed E-state index contributed by atoms with van der Waals surface area (Å²) < 4.78 is 0. The minimum atomic E-state index is -0.926. The number of carbonyl (C=O) groups is 1. The first-order chi connectivity index (χ1) is 8.94. The summed E-state index contributed by atoms with van der Waals surface area (Å²) in [5.41, 5.74) is -0.0618. The van der Waals surface area contributed by atoms with Crippen LogP contribution in [0, 0.1) is 11.8 Å². The summed E-state index contributed by atoms with van der Waals surface area (Å²) in [5.74, 6) is 0.331. The molecular formula is C16H23NO2. The maximum atomic E-state index is 11.9. The van der Waals surface area contributed by atoms with E-state index in [-0.39, 0.29) is 0 Å². The Bertz CT molecular complexity index is 435. The maximum Gasteiger partial charge on any atom is 0.328 e. The molecule has 1 aliphatic rings. The molecule has 1 N–H and O–H groups in total. The second-order valence-electron chi connectivity index (χ2n) is 6.09. The Morgan fingerprint density at radius 2 is 1.74 bits per heavy atom. The minimum Gasteiger partial charge on any atom is -0.480 e. The number of likely N-dealkylation sites (tertiary alicyclic amines) is 1. The fourth-order valence-corrected chi connectivity index (χ4v) is 3.23. The van der Waals surface area contributed by atoms with Gasteiger partial charge in [-0.25, -0.2) is 4.79 Å². The highest BCUT2D eigenvalue weighted by Gasteiger charge is 2.43. The molecule has 1 aromatic rings. The van der Waals surface area contributed by atoms with Crippen molar-refractivity contribution >= 4 is 5.97 Å². The van der Waals surface area contributed by atoms with Gasteiger partial charge in [-0.05, 0) is 30.7 Å². The number of aliphatic carboxylic acids is 1. The lowest BCUT2D eigenvalue weighted by Crippen LogP contribution is -2.54. The highest BCUT2D eigenvalue weighted by molar-refractivity contribution is 5.80. The first kappa shape index (κ1) is 14.1. The average Bonchev–Trinajstić information content (AvgIpc) is 2.37. The molecule has 0 spiro atoms. The molecule has 0 bridgehead atoms. The number of benzene rings is 1. The van der Waals surface area contributed by atoms with E-state index in [1.165, 1.54) is 6.42 Å². The number of piperidine rings is 1. The highest BCUT2D eigenvalue weighted by atomic mass is 16.4. The van der Waals surface area contributed by atoms with Gasteiger partial charge < -0.3 is 5.11 Å². The predicted octanol–water partition coefficient (Wildman–Crippen LogP) is 2.96. The van der Waals surface area contributed by atoms with Crippen LogP contribution in [0.1, 0.15) is 32.8 Å². The number of hydrogen-bond acceptors (Lipinski definition) is 2. The number of rotatable bonds is 3. The van der Waals surface area contributed by atoms with E-state index in [9.17, 15) is 9.90 Å². The lowest BCUT2D eigenvalue weighted by molar-refractivity contribution is -0.153. The highest BCUT2D eigenvalue weighted by Crippen LogP contribution is 2.34. The molecular weight excluding hydrogens is 238 g/mol. The van der Waals surface area contributed by atoms with Crippen molar-refractivity contribution in [1.29, 1.82) is 0 Å². The summed E-state index contributed by atoms with van der Waals surface area (Å²) in [6, 6.07) is 9.57. The van der Waals surface area contributed by atoms with Crippen LogP contribution < -0.4 is 0 Å². The Hall–Kier alpha value is -1.35. The standard InChI is InChI=1S/C16H23NO2/c1-12-9-13(2)11-17(10-12)16(3,15(18)19)14-7-5-4-6-8-14/h4-8,12-13H,9-11H2,1-3H3,(H,18,19)/t12-,13-,16-/m0/s1. The molecule has 104 valence electrons. The molecule has 0 amide bonds. The summed E-state index contributed by atoms with van der Waals surface area (Å²) in [6.07, 6.45) is 1.18. The molecule has 19 heavy (non-hydrogen) atoms. The van der Waals surface area contributed by atoms with E-state index in [0.29, 0.717) is 11.8 Å². The molecule has 3 nitrogen and oxygen atoms in total. The largest absolute Gasteiger partial charge is 0.480 e. The van der Waals surface area contributed by atoms with Crippen molar-refractivity contribution in [3.8, 4) is 0 Å². The Balaban J connectivity index is 2.37. The lowest BCUT2D eigenvalue weighted by Gasteiger charge is -2.44. The zero-order valence-electron chi connectivity index (χ0n) is 12.0. The monoisotopic (exact) mass is 261 g/mol. The van der Waals surface area contributed by atoms with Gasteiger partial charge in [0.25, 0.3) is 0 Å². The smallest absolute Gasteiger partial charge is 0.328 e. The lowest BCUT2D eigenvalue weighted by atomic mass is 9.83. The Kier molecular flexibility index (Phi) is 3.95. The second-order valence-corrected chi connectivity index (χ2v) is 6.09. The molecule has 0 aliphatic carbocycles. The van der Waals surface area contributed by atoms with Crippen LogP contribution in [0.4, 0.5) is 0 Å². The number of carboxylic acids is 1. The van der Waals surface area contributed by atoms with Gasteiger partial charge in [0.05, 0.1) is 0 Å². The topological polar surface area (TPSA) is 40.5 Å². The quantitative estimate of drug-likeness (QED) is 0.909. The molecule has 0 saturated carbocycles. The molecule has 0 unspecified atom stereocenters. The summed E-state index contributed by atoms with van der Waals surface area (Å²) in [7, 11) is 0. The molecule has 1 saturated heterocycles. The minimum absolute atomic E-state index is 0.547. The fraction of sp³-hybridized carbons (Fsp3) is 0.562. The Morgan fingerprint density at radius 3 is 2.21 bits per heavy atom. The molecule has 1 aromatic carbocycles. The van der Waals surface area contributed by atoms with E-state index in [1.54, 1.807) is 0 Å². The number of carboxylic acid groups (broad SMARTS) is 1. The molecule has 0 aromatic heterocycles. The van der Waals surface area contributed by atoms with Crippen molar-refractivity contribution in [2.24, 2.45) is 11.8 Å². The van der Waals surface area contributed by atoms with Gasteiger partial charge in [-0.3, -0.25) is 4.90 Å². The van der Waals surface area contributed by atoms with Gasteiger partial charge in [0, 0.05) is 13.1 Å². The van der Waals surface area contributed by atoms with Crippen molar-refractivity contribution in [2.45, 2.75) is 32.7 Å². The average molecular weight is 261 g/mol. The second kappa shape index (κ2) is 5.33. The van der Waals surface area contributed by atoms with Gasteiger partial charge in [0.15, 0.2) is 0 Å². The van der Waals surface area contributed by atoms with Crippen LogP contribution in [0.5, 0.6) is 0 Å². The number of hydrogen-bond donors (Lipinski definition) is 1. The SMILES string of the molecule is C[C@H]1C[C@H](C)CN([C@](C)(C(=O)O)c2ccccc2)C1. The Morgan fingerprint density at radius 1 is 1.21 bits per heavy atom. The molecule has 3 atom stereocenters. The van der Waals surface area contributed by atoms with E-state index >= 15 is 0 Å². The van der Waals surface area contributed by atoms with E-state index in [1.807, 2.05) is 37.3 Å². The molecule has 3 heteroatoms. The van der Waals surface area contributed by atoms with Crippen LogP contribution in [-0.4, -0.2) is 29.1 Å². The van der Waals surface area contributed by atoms with Crippen molar-refractivity contribution < 1.29 is 9.90 Å². The molecule has 1 aliphatic heterocycles. The summed E-state index contributed by atoms with van der Waals surface area (Å²) >= 11 is 0. The first-order valence-electron chi connectivity index (χ1n) is 6.98.